The molecule has 4 nitrogen and oxygen atoms in total. The molecular formula is C13H13NO3. The molecule has 0 bridgehead atoms. The van der Waals surface area contributed by atoms with E-state index in [0.29, 0.717) is 24.2 Å². The fourth-order valence-corrected chi connectivity index (χ4v) is 1.95. The minimum absolute atomic E-state index is 0.0440. The number of amides is 1. The molecule has 2 rings (SSSR count). The minimum Gasteiger partial charge on any atom is -0.478 e. The Hall–Kier alpha value is -2.10. The molecule has 0 aromatic heterocycles. The molecule has 1 saturated heterocycles. The van der Waals surface area contributed by atoms with Crippen LogP contribution in [-0.2, 0) is 4.79 Å². The number of carbonyl (C=O) groups excluding carboxylic acids is 1. The Kier molecular flexibility index (Phi) is 2.95. The predicted molar refractivity (Wildman–Crippen MR) is 65.1 cm³/mol. The van der Waals surface area contributed by atoms with Crippen LogP contribution < -0.4 is 4.90 Å². The second kappa shape index (κ2) is 4.41. The first-order valence-electron chi connectivity index (χ1n) is 5.43. The lowest BCUT2D eigenvalue weighted by atomic mass is 10.1. The molecule has 1 aliphatic heterocycles. The van der Waals surface area contributed by atoms with E-state index < -0.39 is 5.97 Å². The van der Waals surface area contributed by atoms with Gasteiger partial charge in [-0.15, -0.1) is 0 Å². The van der Waals surface area contributed by atoms with Gasteiger partial charge >= 0.3 is 5.97 Å². The monoisotopic (exact) mass is 231 g/mol. The maximum Gasteiger partial charge on any atom is 0.335 e. The first-order valence-corrected chi connectivity index (χ1v) is 5.43. The van der Waals surface area contributed by atoms with E-state index in [4.69, 9.17) is 5.11 Å². The molecule has 1 heterocycles. The van der Waals surface area contributed by atoms with Crippen molar-refractivity contribution in [3.8, 4) is 0 Å². The van der Waals surface area contributed by atoms with Gasteiger partial charge < -0.3 is 10.0 Å². The van der Waals surface area contributed by atoms with Gasteiger partial charge in [-0.25, -0.2) is 4.79 Å². The van der Waals surface area contributed by atoms with E-state index >= 15 is 0 Å². The van der Waals surface area contributed by atoms with Crippen LogP contribution in [0, 0.1) is 0 Å². The zero-order valence-electron chi connectivity index (χ0n) is 9.35. The Morgan fingerprint density at radius 2 is 2.18 bits per heavy atom. The summed E-state index contributed by atoms with van der Waals surface area (Å²) < 4.78 is 0. The normalized spacial score (nSPS) is 15.1. The van der Waals surface area contributed by atoms with E-state index in [-0.39, 0.29) is 11.5 Å². The van der Waals surface area contributed by atoms with Gasteiger partial charge in [-0.2, -0.15) is 0 Å². The summed E-state index contributed by atoms with van der Waals surface area (Å²) in [7, 11) is 0. The molecule has 1 amide bonds. The lowest BCUT2D eigenvalue weighted by molar-refractivity contribution is -0.117. The smallest absolute Gasteiger partial charge is 0.335 e. The Morgan fingerprint density at radius 3 is 2.71 bits per heavy atom. The van der Waals surface area contributed by atoms with Crippen LogP contribution in [0.15, 0.2) is 24.8 Å². The third kappa shape index (κ3) is 2.20. The molecule has 0 aliphatic carbocycles. The molecule has 0 saturated carbocycles. The lowest BCUT2D eigenvalue weighted by Gasteiger charge is -2.16. The molecule has 0 radical (unpaired) electrons. The van der Waals surface area contributed by atoms with Gasteiger partial charge in [-0.3, -0.25) is 4.79 Å². The molecular weight excluding hydrogens is 218 g/mol. The quantitative estimate of drug-likeness (QED) is 0.867. The van der Waals surface area contributed by atoms with Gasteiger partial charge in [0.2, 0.25) is 5.91 Å². The molecule has 0 atom stereocenters. The number of carboxylic acid groups (broad SMARTS) is 1. The van der Waals surface area contributed by atoms with Gasteiger partial charge in [0, 0.05) is 18.7 Å². The SMILES string of the molecule is C=Cc1cc(C(=O)O)cc(N2CCCC2=O)c1. The number of anilines is 1. The van der Waals surface area contributed by atoms with Crippen molar-refractivity contribution < 1.29 is 14.7 Å². The summed E-state index contributed by atoms with van der Waals surface area (Å²) in [4.78, 5) is 24.2. The van der Waals surface area contributed by atoms with Gasteiger partial charge in [0.15, 0.2) is 0 Å². The molecule has 17 heavy (non-hydrogen) atoms. The van der Waals surface area contributed by atoms with Crippen LogP contribution in [0.5, 0.6) is 0 Å². The number of carboxylic acids is 1. The van der Waals surface area contributed by atoms with Gasteiger partial charge in [0.05, 0.1) is 5.56 Å². The van der Waals surface area contributed by atoms with E-state index in [1.165, 1.54) is 6.07 Å². The summed E-state index contributed by atoms with van der Waals surface area (Å²) >= 11 is 0. The molecule has 0 spiro atoms. The van der Waals surface area contributed by atoms with Crippen LogP contribution >= 0.6 is 0 Å². The van der Waals surface area contributed by atoms with Gasteiger partial charge in [0.25, 0.3) is 0 Å². The third-order valence-electron chi connectivity index (χ3n) is 2.81. The number of aromatic carboxylic acids is 1. The predicted octanol–water partition coefficient (Wildman–Crippen LogP) is 2.15. The summed E-state index contributed by atoms with van der Waals surface area (Å²) in [5, 5.41) is 9.00. The zero-order chi connectivity index (χ0) is 12.4. The summed E-state index contributed by atoms with van der Waals surface area (Å²) in [6, 6.07) is 4.85. The molecule has 4 heteroatoms. The first kappa shape index (κ1) is 11.4. The van der Waals surface area contributed by atoms with Crippen molar-refractivity contribution >= 4 is 23.6 Å². The molecule has 1 aliphatic rings. The molecule has 88 valence electrons. The summed E-state index contributed by atoms with van der Waals surface area (Å²) in [6.45, 7) is 4.27. The average molecular weight is 231 g/mol. The first-order chi connectivity index (χ1) is 8.11. The number of hydrogen-bond donors (Lipinski definition) is 1. The van der Waals surface area contributed by atoms with Crippen LogP contribution in [0.3, 0.4) is 0 Å². The van der Waals surface area contributed by atoms with Gasteiger partial charge in [-0.1, -0.05) is 12.7 Å². The van der Waals surface area contributed by atoms with Crippen LogP contribution in [0.4, 0.5) is 5.69 Å². The summed E-state index contributed by atoms with van der Waals surface area (Å²) in [5.74, 6) is -0.954. The van der Waals surface area contributed by atoms with Crippen LogP contribution in [-0.4, -0.2) is 23.5 Å². The van der Waals surface area contributed by atoms with E-state index in [9.17, 15) is 9.59 Å². The van der Waals surface area contributed by atoms with Crippen molar-refractivity contribution in [3.63, 3.8) is 0 Å². The van der Waals surface area contributed by atoms with E-state index in [1.54, 1.807) is 23.1 Å². The Morgan fingerprint density at radius 1 is 1.41 bits per heavy atom. The van der Waals surface area contributed by atoms with Gasteiger partial charge in [-0.05, 0) is 30.2 Å². The highest BCUT2D eigenvalue weighted by molar-refractivity contribution is 5.97. The van der Waals surface area contributed by atoms with Crippen LogP contribution in [0.25, 0.3) is 6.08 Å². The largest absolute Gasteiger partial charge is 0.478 e. The van der Waals surface area contributed by atoms with Crippen molar-refractivity contribution in [2.45, 2.75) is 12.8 Å². The highest BCUT2D eigenvalue weighted by Gasteiger charge is 2.22. The fraction of sp³-hybridized carbons (Fsp3) is 0.231. The molecule has 1 N–H and O–H groups in total. The van der Waals surface area contributed by atoms with E-state index in [0.717, 1.165) is 6.42 Å². The second-order valence-corrected chi connectivity index (χ2v) is 3.97. The Bertz CT molecular complexity index is 493. The van der Waals surface area contributed by atoms with Crippen LogP contribution in [0.1, 0.15) is 28.8 Å². The van der Waals surface area contributed by atoms with Crippen molar-refractivity contribution in [3.05, 3.63) is 35.9 Å². The minimum atomic E-state index is -0.999. The number of nitrogens with zero attached hydrogens (tertiary/aromatic N) is 1. The van der Waals surface area contributed by atoms with Crippen molar-refractivity contribution in [1.82, 2.24) is 0 Å². The standard InChI is InChI=1S/C13H13NO3/c1-2-9-6-10(13(16)17)8-11(7-9)14-5-3-4-12(14)15/h2,6-8H,1,3-5H2,(H,16,17). The fourth-order valence-electron chi connectivity index (χ4n) is 1.95. The maximum absolute atomic E-state index is 11.6. The Labute approximate surface area is 99.2 Å². The highest BCUT2D eigenvalue weighted by atomic mass is 16.4. The molecule has 1 aromatic carbocycles. The molecule has 1 aromatic rings. The van der Waals surface area contributed by atoms with E-state index in [1.807, 2.05) is 0 Å². The van der Waals surface area contributed by atoms with Crippen molar-refractivity contribution in [2.75, 3.05) is 11.4 Å². The molecule has 0 unspecified atom stereocenters. The maximum atomic E-state index is 11.6. The topological polar surface area (TPSA) is 57.6 Å². The number of carbonyl (C=O) groups is 2. The van der Waals surface area contributed by atoms with Crippen LogP contribution in [0.2, 0.25) is 0 Å². The number of hydrogen-bond acceptors (Lipinski definition) is 2. The second-order valence-electron chi connectivity index (χ2n) is 3.97. The number of benzene rings is 1. The summed E-state index contributed by atoms with van der Waals surface area (Å²) in [5.41, 5.74) is 1.53. The van der Waals surface area contributed by atoms with Crippen molar-refractivity contribution in [1.29, 1.82) is 0 Å². The lowest BCUT2D eigenvalue weighted by Crippen LogP contribution is -2.24. The average Bonchev–Trinajstić information content (AvgIpc) is 2.74. The zero-order valence-corrected chi connectivity index (χ0v) is 9.35. The highest BCUT2D eigenvalue weighted by Crippen LogP contribution is 2.24. The van der Waals surface area contributed by atoms with Crippen molar-refractivity contribution in [2.24, 2.45) is 0 Å². The summed E-state index contributed by atoms with van der Waals surface area (Å²) in [6.07, 6.45) is 2.93. The Balaban J connectivity index is 2.45. The van der Waals surface area contributed by atoms with Gasteiger partial charge in [0.1, 0.15) is 0 Å². The molecule has 1 fully saturated rings. The van der Waals surface area contributed by atoms with E-state index in [2.05, 4.69) is 6.58 Å². The third-order valence-corrected chi connectivity index (χ3v) is 2.81. The number of rotatable bonds is 3.